The summed E-state index contributed by atoms with van der Waals surface area (Å²) >= 11 is 0. The van der Waals surface area contributed by atoms with Gasteiger partial charge < -0.3 is 5.32 Å². The van der Waals surface area contributed by atoms with Crippen molar-refractivity contribution in [1.82, 2.24) is 9.97 Å². The average Bonchev–Trinajstić information content (AvgIpc) is 2.35. The molecule has 3 nitrogen and oxygen atoms in total. The summed E-state index contributed by atoms with van der Waals surface area (Å²) in [7, 11) is 1.84. The van der Waals surface area contributed by atoms with Gasteiger partial charge >= 0.3 is 0 Å². The summed E-state index contributed by atoms with van der Waals surface area (Å²) in [5.74, 6) is 0.660. The van der Waals surface area contributed by atoms with Gasteiger partial charge in [-0.05, 0) is 56.0 Å². The Balaban J connectivity index is 2.64. The van der Waals surface area contributed by atoms with E-state index in [4.69, 9.17) is 0 Å². The molecule has 94 valence electrons. The standard InChI is InChI=1S/C15H19N3/c1-9-6-11(3)13(7-10(9)2)14-12(4)8-17-15(16-5)18-14/h6-8H,1-5H3,(H,16,17,18). The molecule has 0 unspecified atom stereocenters. The van der Waals surface area contributed by atoms with Crippen LogP contribution in [0, 0.1) is 27.7 Å². The van der Waals surface area contributed by atoms with Gasteiger partial charge in [-0.2, -0.15) is 0 Å². The van der Waals surface area contributed by atoms with Gasteiger partial charge in [-0.15, -0.1) is 0 Å². The molecule has 0 saturated carbocycles. The van der Waals surface area contributed by atoms with Crippen molar-refractivity contribution in [3.05, 3.63) is 40.6 Å². The summed E-state index contributed by atoms with van der Waals surface area (Å²) in [6.07, 6.45) is 1.86. The molecular weight excluding hydrogens is 222 g/mol. The molecule has 0 aliphatic rings. The van der Waals surface area contributed by atoms with Crippen molar-refractivity contribution in [1.29, 1.82) is 0 Å². The first-order valence-corrected chi connectivity index (χ1v) is 6.12. The Hall–Kier alpha value is -1.90. The van der Waals surface area contributed by atoms with E-state index in [1.807, 2.05) is 20.2 Å². The third-order valence-electron chi connectivity index (χ3n) is 3.29. The summed E-state index contributed by atoms with van der Waals surface area (Å²) in [6.45, 7) is 8.44. The number of benzene rings is 1. The second-order valence-corrected chi connectivity index (χ2v) is 4.73. The molecule has 0 amide bonds. The van der Waals surface area contributed by atoms with E-state index in [9.17, 15) is 0 Å². The first kappa shape index (κ1) is 12.6. The Labute approximate surface area is 108 Å². The lowest BCUT2D eigenvalue weighted by Gasteiger charge is -2.12. The van der Waals surface area contributed by atoms with E-state index in [2.05, 4.69) is 48.2 Å². The molecule has 1 heterocycles. The van der Waals surface area contributed by atoms with Crippen molar-refractivity contribution in [2.24, 2.45) is 0 Å². The van der Waals surface area contributed by atoms with Crippen molar-refractivity contribution >= 4 is 5.95 Å². The monoisotopic (exact) mass is 241 g/mol. The van der Waals surface area contributed by atoms with Gasteiger partial charge in [0.1, 0.15) is 0 Å². The van der Waals surface area contributed by atoms with Crippen molar-refractivity contribution in [3.8, 4) is 11.3 Å². The second-order valence-electron chi connectivity index (χ2n) is 4.73. The number of nitrogens with one attached hydrogen (secondary N) is 1. The normalized spacial score (nSPS) is 10.5. The highest BCUT2D eigenvalue weighted by atomic mass is 15.1. The molecule has 0 aliphatic heterocycles. The molecule has 0 saturated heterocycles. The topological polar surface area (TPSA) is 37.8 Å². The van der Waals surface area contributed by atoms with E-state index in [0.29, 0.717) is 5.95 Å². The maximum Gasteiger partial charge on any atom is 0.222 e. The molecule has 1 aromatic carbocycles. The molecule has 18 heavy (non-hydrogen) atoms. The maximum absolute atomic E-state index is 4.57. The Kier molecular flexibility index (Phi) is 3.32. The van der Waals surface area contributed by atoms with E-state index in [0.717, 1.165) is 11.3 Å². The number of aromatic nitrogens is 2. The Morgan fingerprint density at radius 2 is 1.56 bits per heavy atom. The quantitative estimate of drug-likeness (QED) is 0.875. The van der Waals surface area contributed by atoms with E-state index in [-0.39, 0.29) is 0 Å². The van der Waals surface area contributed by atoms with Crippen molar-refractivity contribution < 1.29 is 0 Å². The molecule has 2 aromatic rings. The minimum atomic E-state index is 0.660. The number of rotatable bonds is 2. The van der Waals surface area contributed by atoms with Gasteiger partial charge in [0.15, 0.2) is 0 Å². The third kappa shape index (κ3) is 2.21. The SMILES string of the molecule is CNc1ncc(C)c(-c2cc(C)c(C)cc2C)n1. The fourth-order valence-corrected chi connectivity index (χ4v) is 2.05. The number of anilines is 1. The smallest absolute Gasteiger partial charge is 0.222 e. The molecule has 0 atom stereocenters. The summed E-state index contributed by atoms with van der Waals surface area (Å²) in [5.41, 5.74) is 7.16. The summed E-state index contributed by atoms with van der Waals surface area (Å²) in [5, 5.41) is 2.99. The van der Waals surface area contributed by atoms with Gasteiger partial charge in [0.2, 0.25) is 5.95 Å². The largest absolute Gasteiger partial charge is 0.357 e. The van der Waals surface area contributed by atoms with Crippen LogP contribution in [-0.4, -0.2) is 17.0 Å². The van der Waals surface area contributed by atoms with Crippen LogP contribution in [0.15, 0.2) is 18.3 Å². The van der Waals surface area contributed by atoms with Crippen LogP contribution in [0.4, 0.5) is 5.95 Å². The molecule has 0 aliphatic carbocycles. The lowest BCUT2D eigenvalue weighted by atomic mass is 9.97. The van der Waals surface area contributed by atoms with Crippen molar-refractivity contribution in [2.75, 3.05) is 12.4 Å². The van der Waals surface area contributed by atoms with E-state index < -0.39 is 0 Å². The van der Waals surface area contributed by atoms with Crippen LogP contribution in [0.25, 0.3) is 11.3 Å². The van der Waals surface area contributed by atoms with Gasteiger partial charge in [-0.25, -0.2) is 9.97 Å². The summed E-state index contributed by atoms with van der Waals surface area (Å²) in [6, 6.07) is 4.42. The molecule has 0 radical (unpaired) electrons. The highest BCUT2D eigenvalue weighted by Gasteiger charge is 2.10. The maximum atomic E-state index is 4.57. The van der Waals surface area contributed by atoms with Crippen LogP contribution in [0.1, 0.15) is 22.3 Å². The zero-order valence-electron chi connectivity index (χ0n) is 11.6. The van der Waals surface area contributed by atoms with E-state index in [1.54, 1.807) is 0 Å². The van der Waals surface area contributed by atoms with Gasteiger partial charge in [0.05, 0.1) is 5.69 Å². The number of hydrogen-bond acceptors (Lipinski definition) is 3. The number of hydrogen-bond donors (Lipinski definition) is 1. The molecule has 0 spiro atoms. The molecule has 0 bridgehead atoms. The lowest BCUT2D eigenvalue weighted by molar-refractivity contribution is 1.12. The minimum Gasteiger partial charge on any atom is -0.357 e. The van der Waals surface area contributed by atoms with Crippen LogP contribution in [0.5, 0.6) is 0 Å². The van der Waals surface area contributed by atoms with E-state index in [1.165, 1.54) is 22.3 Å². The van der Waals surface area contributed by atoms with Gasteiger partial charge in [0.25, 0.3) is 0 Å². The van der Waals surface area contributed by atoms with Gasteiger partial charge in [-0.1, -0.05) is 6.07 Å². The highest BCUT2D eigenvalue weighted by molar-refractivity contribution is 5.68. The zero-order chi connectivity index (χ0) is 13.3. The predicted molar refractivity (Wildman–Crippen MR) is 76.0 cm³/mol. The van der Waals surface area contributed by atoms with Crippen LogP contribution < -0.4 is 5.32 Å². The Morgan fingerprint density at radius 1 is 0.889 bits per heavy atom. The third-order valence-corrected chi connectivity index (χ3v) is 3.29. The molecular formula is C15H19N3. The molecule has 1 N–H and O–H groups in total. The van der Waals surface area contributed by atoms with Crippen LogP contribution >= 0.6 is 0 Å². The average molecular weight is 241 g/mol. The molecule has 3 heteroatoms. The minimum absolute atomic E-state index is 0.660. The molecule has 2 rings (SSSR count). The molecule has 1 aromatic heterocycles. The fourth-order valence-electron chi connectivity index (χ4n) is 2.05. The van der Waals surface area contributed by atoms with Crippen LogP contribution in [0.3, 0.4) is 0 Å². The first-order chi connectivity index (χ1) is 8.52. The zero-order valence-corrected chi connectivity index (χ0v) is 11.6. The highest BCUT2D eigenvalue weighted by Crippen LogP contribution is 2.27. The van der Waals surface area contributed by atoms with Gasteiger partial charge in [0, 0.05) is 18.8 Å². The van der Waals surface area contributed by atoms with Crippen LogP contribution in [-0.2, 0) is 0 Å². The number of aryl methyl sites for hydroxylation is 4. The Morgan fingerprint density at radius 3 is 2.22 bits per heavy atom. The summed E-state index contributed by atoms with van der Waals surface area (Å²) < 4.78 is 0. The van der Waals surface area contributed by atoms with Crippen LogP contribution in [0.2, 0.25) is 0 Å². The van der Waals surface area contributed by atoms with E-state index >= 15 is 0 Å². The summed E-state index contributed by atoms with van der Waals surface area (Å²) in [4.78, 5) is 8.80. The number of nitrogens with zero attached hydrogens (tertiary/aromatic N) is 2. The fraction of sp³-hybridized carbons (Fsp3) is 0.333. The Bertz CT molecular complexity index is 589. The van der Waals surface area contributed by atoms with Crippen molar-refractivity contribution in [2.45, 2.75) is 27.7 Å². The predicted octanol–water partition coefficient (Wildman–Crippen LogP) is 3.42. The molecule has 0 fully saturated rings. The van der Waals surface area contributed by atoms with Crippen molar-refractivity contribution in [3.63, 3.8) is 0 Å². The second kappa shape index (κ2) is 4.77. The lowest BCUT2D eigenvalue weighted by Crippen LogP contribution is -2.00. The first-order valence-electron chi connectivity index (χ1n) is 6.12. The van der Waals surface area contributed by atoms with Gasteiger partial charge in [-0.3, -0.25) is 0 Å².